The van der Waals surface area contributed by atoms with Crippen LogP contribution in [0.4, 0.5) is 0 Å². The van der Waals surface area contributed by atoms with Gasteiger partial charge in [-0.05, 0) is 62.5 Å². The first-order chi connectivity index (χ1) is 10.2. The van der Waals surface area contributed by atoms with Gasteiger partial charge in [0.2, 0.25) is 0 Å². The van der Waals surface area contributed by atoms with E-state index in [4.69, 9.17) is 4.74 Å². The molecule has 1 heterocycles. The highest BCUT2D eigenvalue weighted by atomic mass is 16.5. The SMILES string of the molecule is CCCN(CC1CCCNC1)C(=O)c1ccc(OC)cc1. The van der Waals surface area contributed by atoms with Crippen LogP contribution in [0.25, 0.3) is 0 Å². The molecule has 4 nitrogen and oxygen atoms in total. The highest BCUT2D eigenvalue weighted by Crippen LogP contribution is 2.16. The number of piperidine rings is 1. The van der Waals surface area contributed by atoms with Crippen molar-refractivity contribution in [2.24, 2.45) is 5.92 Å². The van der Waals surface area contributed by atoms with E-state index in [-0.39, 0.29) is 5.91 Å². The van der Waals surface area contributed by atoms with Crippen molar-refractivity contribution in [2.75, 3.05) is 33.3 Å². The van der Waals surface area contributed by atoms with Gasteiger partial charge in [0, 0.05) is 18.7 Å². The summed E-state index contributed by atoms with van der Waals surface area (Å²) in [4.78, 5) is 14.7. The average Bonchev–Trinajstić information content (AvgIpc) is 2.55. The highest BCUT2D eigenvalue weighted by molar-refractivity contribution is 5.94. The smallest absolute Gasteiger partial charge is 0.253 e. The molecule has 1 amide bonds. The van der Waals surface area contributed by atoms with Crippen LogP contribution in [0.15, 0.2) is 24.3 Å². The summed E-state index contributed by atoms with van der Waals surface area (Å²) in [5.74, 6) is 1.49. The molecule has 0 radical (unpaired) electrons. The molecular weight excluding hydrogens is 264 g/mol. The van der Waals surface area contributed by atoms with Crippen LogP contribution in [0, 0.1) is 5.92 Å². The van der Waals surface area contributed by atoms with Gasteiger partial charge in [0.15, 0.2) is 0 Å². The van der Waals surface area contributed by atoms with E-state index in [0.717, 1.165) is 43.9 Å². The monoisotopic (exact) mass is 290 g/mol. The molecule has 1 fully saturated rings. The summed E-state index contributed by atoms with van der Waals surface area (Å²) in [6, 6.07) is 7.39. The van der Waals surface area contributed by atoms with Crippen LogP contribution in [-0.2, 0) is 0 Å². The highest BCUT2D eigenvalue weighted by Gasteiger charge is 2.21. The third-order valence-corrected chi connectivity index (χ3v) is 4.00. The Morgan fingerprint density at radius 1 is 1.38 bits per heavy atom. The second-order valence-corrected chi connectivity index (χ2v) is 5.69. The van der Waals surface area contributed by atoms with Crippen LogP contribution < -0.4 is 10.1 Å². The maximum Gasteiger partial charge on any atom is 0.253 e. The van der Waals surface area contributed by atoms with Crippen molar-refractivity contribution in [1.82, 2.24) is 10.2 Å². The molecule has 0 bridgehead atoms. The lowest BCUT2D eigenvalue weighted by Crippen LogP contribution is -2.41. The lowest BCUT2D eigenvalue weighted by molar-refractivity contribution is 0.0719. The Kier molecular flexibility index (Phi) is 6.05. The predicted molar refractivity (Wildman–Crippen MR) is 84.8 cm³/mol. The maximum absolute atomic E-state index is 12.7. The van der Waals surface area contributed by atoms with Gasteiger partial charge in [-0.1, -0.05) is 6.92 Å². The maximum atomic E-state index is 12.7. The fourth-order valence-electron chi connectivity index (χ4n) is 2.85. The van der Waals surface area contributed by atoms with E-state index in [2.05, 4.69) is 12.2 Å². The van der Waals surface area contributed by atoms with Gasteiger partial charge in [0.25, 0.3) is 5.91 Å². The van der Waals surface area contributed by atoms with Gasteiger partial charge in [0.05, 0.1) is 7.11 Å². The van der Waals surface area contributed by atoms with Crippen LogP contribution >= 0.6 is 0 Å². The summed E-state index contributed by atoms with van der Waals surface area (Å²) in [6.45, 7) is 5.92. The van der Waals surface area contributed by atoms with Crippen molar-refractivity contribution in [2.45, 2.75) is 26.2 Å². The van der Waals surface area contributed by atoms with Crippen LogP contribution in [0.1, 0.15) is 36.5 Å². The Morgan fingerprint density at radius 3 is 2.71 bits per heavy atom. The van der Waals surface area contributed by atoms with Gasteiger partial charge in [-0.15, -0.1) is 0 Å². The lowest BCUT2D eigenvalue weighted by Gasteiger charge is -2.30. The minimum absolute atomic E-state index is 0.130. The Morgan fingerprint density at radius 2 is 2.14 bits per heavy atom. The van der Waals surface area contributed by atoms with Crippen molar-refractivity contribution >= 4 is 5.91 Å². The third-order valence-electron chi connectivity index (χ3n) is 4.00. The Hall–Kier alpha value is -1.55. The van der Waals surface area contributed by atoms with Crippen molar-refractivity contribution in [3.05, 3.63) is 29.8 Å². The summed E-state index contributed by atoms with van der Waals surface area (Å²) in [5.41, 5.74) is 0.744. The largest absolute Gasteiger partial charge is 0.497 e. The predicted octanol–water partition coefficient (Wildman–Crippen LogP) is 2.55. The molecule has 1 unspecified atom stereocenters. The first kappa shape index (κ1) is 15.8. The molecule has 1 aromatic rings. The summed E-state index contributed by atoms with van der Waals surface area (Å²) < 4.78 is 5.15. The van der Waals surface area contributed by atoms with E-state index >= 15 is 0 Å². The fourth-order valence-corrected chi connectivity index (χ4v) is 2.85. The number of hydrogen-bond acceptors (Lipinski definition) is 3. The molecule has 0 spiro atoms. The second-order valence-electron chi connectivity index (χ2n) is 5.69. The number of nitrogens with zero attached hydrogens (tertiary/aromatic N) is 1. The number of ether oxygens (including phenoxy) is 1. The van der Waals surface area contributed by atoms with Gasteiger partial charge >= 0.3 is 0 Å². The van der Waals surface area contributed by atoms with Gasteiger partial charge in [-0.25, -0.2) is 0 Å². The van der Waals surface area contributed by atoms with E-state index in [1.54, 1.807) is 7.11 Å². The summed E-state index contributed by atoms with van der Waals surface area (Å²) in [7, 11) is 1.64. The van der Waals surface area contributed by atoms with Gasteiger partial charge in [-0.2, -0.15) is 0 Å². The van der Waals surface area contributed by atoms with Gasteiger partial charge in [0.1, 0.15) is 5.75 Å². The van der Waals surface area contributed by atoms with E-state index in [0.29, 0.717) is 5.92 Å². The van der Waals surface area contributed by atoms with Crippen LogP contribution in [0.5, 0.6) is 5.75 Å². The number of amides is 1. The molecule has 1 saturated heterocycles. The molecule has 4 heteroatoms. The Bertz CT molecular complexity index is 439. The molecule has 0 aromatic heterocycles. The summed E-state index contributed by atoms with van der Waals surface area (Å²) >= 11 is 0. The van der Waals surface area contributed by atoms with Crippen LogP contribution in [-0.4, -0.2) is 44.1 Å². The molecule has 1 aliphatic rings. The van der Waals surface area contributed by atoms with E-state index in [9.17, 15) is 4.79 Å². The molecule has 116 valence electrons. The number of hydrogen-bond donors (Lipinski definition) is 1. The van der Waals surface area contributed by atoms with Crippen molar-refractivity contribution in [3.63, 3.8) is 0 Å². The van der Waals surface area contributed by atoms with E-state index in [1.807, 2.05) is 29.2 Å². The summed E-state index contributed by atoms with van der Waals surface area (Å²) in [5, 5.41) is 3.42. The minimum Gasteiger partial charge on any atom is -0.497 e. The van der Waals surface area contributed by atoms with Gasteiger partial charge in [-0.3, -0.25) is 4.79 Å². The first-order valence-corrected chi connectivity index (χ1v) is 7.88. The molecule has 2 rings (SSSR count). The number of methoxy groups -OCH3 is 1. The van der Waals surface area contributed by atoms with Crippen molar-refractivity contribution in [3.8, 4) is 5.75 Å². The third kappa shape index (κ3) is 4.46. The normalized spacial score (nSPS) is 18.3. The molecule has 1 atom stereocenters. The Labute approximate surface area is 127 Å². The van der Waals surface area contributed by atoms with Crippen molar-refractivity contribution < 1.29 is 9.53 Å². The van der Waals surface area contributed by atoms with Crippen LogP contribution in [0.3, 0.4) is 0 Å². The number of benzene rings is 1. The standard InChI is InChI=1S/C17H26N2O2/c1-3-11-19(13-14-5-4-10-18-12-14)17(20)15-6-8-16(21-2)9-7-15/h6-9,14,18H,3-5,10-13H2,1-2H3. The lowest BCUT2D eigenvalue weighted by atomic mass is 9.98. The minimum atomic E-state index is 0.130. The molecular formula is C17H26N2O2. The zero-order valence-corrected chi connectivity index (χ0v) is 13.1. The number of carbonyl (C=O) groups excluding carboxylic acids is 1. The van der Waals surface area contributed by atoms with Crippen molar-refractivity contribution in [1.29, 1.82) is 0 Å². The molecule has 1 N–H and O–H groups in total. The fraction of sp³-hybridized carbons (Fsp3) is 0.588. The first-order valence-electron chi connectivity index (χ1n) is 7.88. The quantitative estimate of drug-likeness (QED) is 0.875. The molecule has 0 saturated carbocycles. The zero-order chi connectivity index (χ0) is 15.1. The number of nitrogens with one attached hydrogen (secondary N) is 1. The topological polar surface area (TPSA) is 41.6 Å². The average molecular weight is 290 g/mol. The van der Waals surface area contributed by atoms with E-state index in [1.165, 1.54) is 12.8 Å². The summed E-state index contributed by atoms with van der Waals surface area (Å²) in [6.07, 6.45) is 3.41. The molecule has 21 heavy (non-hydrogen) atoms. The van der Waals surface area contributed by atoms with Gasteiger partial charge < -0.3 is 15.0 Å². The van der Waals surface area contributed by atoms with Crippen LogP contribution in [0.2, 0.25) is 0 Å². The second kappa shape index (κ2) is 8.03. The number of carbonyl (C=O) groups is 1. The Balaban J connectivity index is 2.02. The molecule has 1 aliphatic heterocycles. The van der Waals surface area contributed by atoms with E-state index < -0.39 is 0 Å². The zero-order valence-electron chi connectivity index (χ0n) is 13.1. The molecule has 0 aliphatic carbocycles. The molecule has 1 aromatic carbocycles. The number of rotatable bonds is 6.